The number of para-hydroxylation sites is 2. The molecule has 0 unspecified atom stereocenters. The third-order valence-electron chi connectivity index (χ3n) is 13.5. The average molecular weight is 883 g/mol. The molecule has 0 N–H and O–H groups in total. The molecule has 0 saturated carbocycles. The number of hydrogen-bond donors (Lipinski definition) is 0. The lowest BCUT2D eigenvalue weighted by atomic mass is 9.99. The summed E-state index contributed by atoms with van der Waals surface area (Å²) >= 11 is 0. The van der Waals surface area contributed by atoms with E-state index in [0.29, 0.717) is 17.5 Å². The largest absolute Gasteiger partial charge is 0.456 e. The van der Waals surface area contributed by atoms with Crippen LogP contribution in [0.15, 0.2) is 239 Å². The number of aromatic nitrogens is 4. The van der Waals surface area contributed by atoms with Crippen molar-refractivity contribution in [3.8, 4) is 73.2 Å². The number of fused-ring (bicyclic) bond motifs is 9. The smallest absolute Gasteiger partial charge is 0.164 e. The van der Waals surface area contributed by atoms with Crippen molar-refractivity contribution < 1.29 is 8.83 Å². The minimum absolute atomic E-state index is 0.575. The SMILES string of the molecule is c1ccc(-c2ccc3c(c2)c2cc(-c4ccc5c(c4)oc4cccc(-c6nc(-c7ccccc7)nc(-c7ccc(-c8ccc9c(c8)oc8ccccc89)cc7)n6)c45)ccc2n3-c2ccccc2)cc1. The van der Waals surface area contributed by atoms with Crippen molar-refractivity contribution in [1.82, 2.24) is 19.5 Å². The lowest BCUT2D eigenvalue weighted by Gasteiger charge is -2.10. The van der Waals surface area contributed by atoms with E-state index < -0.39 is 0 Å². The van der Waals surface area contributed by atoms with Crippen molar-refractivity contribution in [2.24, 2.45) is 0 Å². The van der Waals surface area contributed by atoms with Gasteiger partial charge in [-0.25, -0.2) is 15.0 Å². The second-order valence-corrected chi connectivity index (χ2v) is 17.6. The summed E-state index contributed by atoms with van der Waals surface area (Å²) in [6.07, 6.45) is 0. The van der Waals surface area contributed by atoms with Gasteiger partial charge in [0.05, 0.1) is 11.0 Å². The molecule has 322 valence electrons. The molecular formula is C63H38N4O2. The minimum atomic E-state index is 0.575. The normalized spacial score (nSPS) is 11.8. The molecule has 0 aliphatic carbocycles. The Morgan fingerprint density at radius 1 is 0.275 bits per heavy atom. The summed E-state index contributed by atoms with van der Waals surface area (Å²) in [7, 11) is 0. The second kappa shape index (κ2) is 15.6. The van der Waals surface area contributed by atoms with Crippen LogP contribution in [0.25, 0.3) is 139 Å². The van der Waals surface area contributed by atoms with Crippen LogP contribution in [0.4, 0.5) is 0 Å². The third-order valence-corrected chi connectivity index (χ3v) is 13.5. The summed E-state index contributed by atoms with van der Waals surface area (Å²) in [5.41, 5.74) is 16.1. The van der Waals surface area contributed by atoms with Gasteiger partial charge in [-0.15, -0.1) is 0 Å². The van der Waals surface area contributed by atoms with E-state index in [-0.39, 0.29) is 0 Å². The molecule has 0 radical (unpaired) electrons. The van der Waals surface area contributed by atoms with Crippen molar-refractivity contribution in [3.05, 3.63) is 231 Å². The number of furan rings is 2. The van der Waals surface area contributed by atoms with Crippen molar-refractivity contribution in [1.29, 1.82) is 0 Å². The first-order valence-electron chi connectivity index (χ1n) is 23.2. The fourth-order valence-corrected chi connectivity index (χ4v) is 10.1. The molecule has 69 heavy (non-hydrogen) atoms. The topological polar surface area (TPSA) is 69.9 Å². The molecule has 0 bridgehead atoms. The Morgan fingerprint density at radius 2 is 0.725 bits per heavy atom. The molecule has 0 saturated heterocycles. The highest BCUT2D eigenvalue weighted by molar-refractivity contribution is 6.14. The summed E-state index contributed by atoms with van der Waals surface area (Å²) < 4.78 is 15.3. The first-order valence-corrected chi connectivity index (χ1v) is 23.2. The molecule has 0 aliphatic rings. The number of benzene rings is 10. The fourth-order valence-electron chi connectivity index (χ4n) is 10.1. The van der Waals surface area contributed by atoms with Crippen LogP contribution in [0.5, 0.6) is 0 Å². The monoisotopic (exact) mass is 882 g/mol. The number of rotatable bonds is 7. The first kappa shape index (κ1) is 38.8. The van der Waals surface area contributed by atoms with Crippen LogP contribution < -0.4 is 0 Å². The zero-order valence-electron chi connectivity index (χ0n) is 37.0. The minimum Gasteiger partial charge on any atom is -0.456 e. The van der Waals surface area contributed by atoms with Gasteiger partial charge in [-0.3, -0.25) is 0 Å². The molecule has 14 rings (SSSR count). The number of hydrogen-bond acceptors (Lipinski definition) is 5. The summed E-state index contributed by atoms with van der Waals surface area (Å²) in [5, 5.41) is 6.57. The van der Waals surface area contributed by atoms with Crippen LogP contribution in [-0.2, 0) is 0 Å². The van der Waals surface area contributed by atoms with Gasteiger partial charge in [0.1, 0.15) is 22.3 Å². The molecule has 0 amide bonds. The highest BCUT2D eigenvalue weighted by Crippen LogP contribution is 2.41. The summed E-state index contributed by atoms with van der Waals surface area (Å²) in [6, 6.07) is 80.5. The third kappa shape index (κ3) is 6.53. The molecular weight excluding hydrogens is 845 g/mol. The van der Waals surface area contributed by atoms with Crippen LogP contribution in [-0.4, -0.2) is 19.5 Å². The summed E-state index contributed by atoms with van der Waals surface area (Å²) in [6.45, 7) is 0. The van der Waals surface area contributed by atoms with E-state index in [0.717, 1.165) is 94.0 Å². The maximum atomic E-state index is 6.71. The Hall–Kier alpha value is -9.39. The Labute approximate surface area is 396 Å². The molecule has 6 heteroatoms. The van der Waals surface area contributed by atoms with Gasteiger partial charge in [0.25, 0.3) is 0 Å². The zero-order valence-corrected chi connectivity index (χ0v) is 37.0. The molecule has 6 nitrogen and oxygen atoms in total. The summed E-state index contributed by atoms with van der Waals surface area (Å²) in [5.74, 6) is 1.76. The van der Waals surface area contributed by atoms with Crippen LogP contribution in [0.1, 0.15) is 0 Å². The van der Waals surface area contributed by atoms with Gasteiger partial charge in [-0.2, -0.15) is 0 Å². The van der Waals surface area contributed by atoms with Gasteiger partial charge in [-0.05, 0) is 106 Å². The van der Waals surface area contributed by atoms with Gasteiger partial charge < -0.3 is 13.4 Å². The molecule has 0 spiro atoms. The van der Waals surface area contributed by atoms with Crippen molar-refractivity contribution in [2.75, 3.05) is 0 Å². The predicted octanol–water partition coefficient (Wildman–Crippen LogP) is 16.8. The van der Waals surface area contributed by atoms with E-state index >= 15 is 0 Å². The Bertz CT molecular complexity index is 4290. The Kier molecular flexibility index (Phi) is 8.79. The van der Waals surface area contributed by atoms with Crippen molar-refractivity contribution in [2.45, 2.75) is 0 Å². The Balaban J connectivity index is 0.864. The number of nitrogens with zero attached hydrogens (tertiary/aromatic N) is 4. The lowest BCUT2D eigenvalue weighted by Crippen LogP contribution is -2.00. The van der Waals surface area contributed by atoms with E-state index in [1.807, 2.05) is 60.7 Å². The molecule has 4 aromatic heterocycles. The lowest BCUT2D eigenvalue weighted by molar-refractivity contribution is 0.668. The van der Waals surface area contributed by atoms with E-state index in [4.69, 9.17) is 23.8 Å². The van der Waals surface area contributed by atoms with Crippen LogP contribution in [0.3, 0.4) is 0 Å². The van der Waals surface area contributed by atoms with Gasteiger partial charge in [0.15, 0.2) is 17.5 Å². The van der Waals surface area contributed by atoms with Crippen LogP contribution in [0.2, 0.25) is 0 Å². The second-order valence-electron chi connectivity index (χ2n) is 17.6. The van der Waals surface area contributed by atoms with Gasteiger partial charge >= 0.3 is 0 Å². The quantitative estimate of drug-likeness (QED) is 0.159. The maximum Gasteiger partial charge on any atom is 0.164 e. The Morgan fingerprint density at radius 3 is 1.43 bits per heavy atom. The van der Waals surface area contributed by atoms with Crippen LogP contribution in [0, 0.1) is 0 Å². The molecule has 10 aromatic carbocycles. The highest BCUT2D eigenvalue weighted by Gasteiger charge is 2.20. The standard InChI is InChI=1S/C63H38N4O2/c1-4-13-39(14-5-1)43-29-33-54-52(35-43)53-36-44(30-34-55(53)67(54)47-17-8-3-9-18-47)46-28-32-50-59(38-46)69-57-22-12-20-51(60(50)57)63-65-61(41-15-6-2-7-16-41)64-62(66-63)42-25-23-40(24-26-42)45-27-31-49-48-19-10-11-21-56(48)68-58(49)37-45/h1-38H. The molecule has 0 fully saturated rings. The highest BCUT2D eigenvalue weighted by atomic mass is 16.3. The van der Waals surface area contributed by atoms with Crippen molar-refractivity contribution in [3.63, 3.8) is 0 Å². The zero-order chi connectivity index (χ0) is 45.4. The molecule has 0 atom stereocenters. The predicted molar refractivity (Wildman–Crippen MR) is 281 cm³/mol. The van der Waals surface area contributed by atoms with Gasteiger partial charge in [-0.1, -0.05) is 158 Å². The first-order chi connectivity index (χ1) is 34.2. The summed E-state index contributed by atoms with van der Waals surface area (Å²) in [4.78, 5) is 15.4. The van der Waals surface area contributed by atoms with E-state index in [9.17, 15) is 0 Å². The maximum absolute atomic E-state index is 6.71. The van der Waals surface area contributed by atoms with Crippen LogP contribution >= 0.6 is 0 Å². The van der Waals surface area contributed by atoms with E-state index in [1.165, 1.54) is 27.4 Å². The molecule has 4 heterocycles. The fraction of sp³-hybridized carbons (Fsp3) is 0. The molecule has 0 aliphatic heterocycles. The van der Waals surface area contributed by atoms with Gasteiger partial charge in [0.2, 0.25) is 0 Å². The van der Waals surface area contributed by atoms with E-state index in [2.05, 4.69) is 174 Å². The van der Waals surface area contributed by atoms with E-state index in [1.54, 1.807) is 0 Å². The van der Waals surface area contributed by atoms with Gasteiger partial charge in [0, 0.05) is 54.7 Å². The van der Waals surface area contributed by atoms with Crippen molar-refractivity contribution >= 4 is 65.7 Å². The molecule has 14 aromatic rings. The average Bonchev–Trinajstić information content (AvgIpc) is 4.10.